The van der Waals surface area contributed by atoms with Crippen LogP contribution < -0.4 is 0 Å². The van der Waals surface area contributed by atoms with Gasteiger partial charge in [0.15, 0.2) is 5.78 Å². The van der Waals surface area contributed by atoms with E-state index in [1.54, 1.807) is 18.2 Å². The first-order valence-corrected chi connectivity index (χ1v) is 8.66. The fraction of sp³-hybridized carbons (Fsp3) is 0.235. The SMILES string of the molecule is CS(=O)(=O)[O-].Cc1ccc(C(=O)C(O)c2ccccc2)cc1C. The van der Waals surface area contributed by atoms with Crippen molar-refractivity contribution in [1.29, 1.82) is 0 Å². The molecular weight excluding hydrogens is 316 g/mol. The predicted molar refractivity (Wildman–Crippen MR) is 87.3 cm³/mol. The highest BCUT2D eigenvalue weighted by Gasteiger charge is 2.18. The van der Waals surface area contributed by atoms with Crippen molar-refractivity contribution in [3.63, 3.8) is 0 Å². The number of rotatable bonds is 3. The third kappa shape index (κ3) is 6.73. The smallest absolute Gasteiger partial charge is 0.195 e. The molecule has 0 heterocycles. The van der Waals surface area contributed by atoms with E-state index in [4.69, 9.17) is 13.0 Å². The van der Waals surface area contributed by atoms with Crippen LogP contribution in [0.5, 0.6) is 0 Å². The number of carbonyl (C=O) groups is 1. The van der Waals surface area contributed by atoms with E-state index in [2.05, 4.69) is 0 Å². The van der Waals surface area contributed by atoms with Crippen LogP contribution in [0.4, 0.5) is 0 Å². The molecular formula is C17H19O5S-. The molecule has 5 nitrogen and oxygen atoms in total. The quantitative estimate of drug-likeness (QED) is 0.686. The second-order valence-electron chi connectivity index (χ2n) is 5.18. The summed E-state index contributed by atoms with van der Waals surface area (Å²) in [6.07, 6.45) is -0.485. The third-order valence-electron chi connectivity index (χ3n) is 3.16. The number of aliphatic hydroxyl groups excluding tert-OH is 1. The molecule has 2 aromatic rings. The zero-order chi connectivity index (χ0) is 17.6. The molecule has 23 heavy (non-hydrogen) atoms. The fourth-order valence-electron chi connectivity index (χ4n) is 1.84. The summed E-state index contributed by atoms with van der Waals surface area (Å²) in [5, 5.41) is 10.1. The lowest BCUT2D eigenvalue weighted by molar-refractivity contribution is 0.0747. The van der Waals surface area contributed by atoms with Crippen LogP contribution in [0.15, 0.2) is 48.5 Å². The second-order valence-corrected chi connectivity index (χ2v) is 6.59. The molecule has 2 rings (SSSR count). The molecule has 0 saturated heterocycles. The van der Waals surface area contributed by atoms with Gasteiger partial charge in [0.2, 0.25) is 0 Å². The monoisotopic (exact) mass is 335 g/mol. The van der Waals surface area contributed by atoms with Gasteiger partial charge in [0.25, 0.3) is 0 Å². The van der Waals surface area contributed by atoms with Gasteiger partial charge in [-0.1, -0.05) is 42.5 Å². The summed E-state index contributed by atoms with van der Waals surface area (Å²) in [5.41, 5.74) is 3.37. The van der Waals surface area contributed by atoms with Gasteiger partial charge < -0.3 is 9.66 Å². The summed E-state index contributed by atoms with van der Waals surface area (Å²) in [4.78, 5) is 12.2. The largest absolute Gasteiger partial charge is 0.748 e. The maximum Gasteiger partial charge on any atom is 0.195 e. The molecule has 2 aromatic carbocycles. The molecule has 0 aromatic heterocycles. The number of Topliss-reactive ketones (excluding diaryl/α,β-unsaturated/α-hetero) is 1. The van der Waals surface area contributed by atoms with Crippen LogP contribution in [0, 0.1) is 13.8 Å². The molecule has 6 heteroatoms. The van der Waals surface area contributed by atoms with E-state index < -0.39 is 16.2 Å². The molecule has 0 saturated carbocycles. The average molecular weight is 335 g/mol. The average Bonchev–Trinajstić information content (AvgIpc) is 2.48. The number of ketones is 1. The lowest BCUT2D eigenvalue weighted by Crippen LogP contribution is -2.12. The summed E-state index contributed by atoms with van der Waals surface area (Å²) >= 11 is 0. The molecule has 0 aliphatic heterocycles. The Bertz CT molecular complexity index is 759. The van der Waals surface area contributed by atoms with E-state index in [-0.39, 0.29) is 5.78 Å². The van der Waals surface area contributed by atoms with Crippen LogP contribution in [0.3, 0.4) is 0 Å². The first-order chi connectivity index (χ1) is 10.6. The molecule has 0 amide bonds. The van der Waals surface area contributed by atoms with Crippen molar-refractivity contribution in [2.24, 2.45) is 0 Å². The van der Waals surface area contributed by atoms with E-state index >= 15 is 0 Å². The molecule has 0 radical (unpaired) electrons. The van der Waals surface area contributed by atoms with Crippen molar-refractivity contribution in [2.75, 3.05) is 6.26 Å². The Morgan fingerprint density at radius 2 is 1.57 bits per heavy atom. The Morgan fingerprint density at radius 3 is 2.04 bits per heavy atom. The van der Waals surface area contributed by atoms with Gasteiger partial charge in [0, 0.05) is 11.8 Å². The molecule has 0 bridgehead atoms. The van der Waals surface area contributed by atoms with Gasteiger partial charge in [-0.3, -0.25) is 4.79 Å². The number of aryl methyl sites for hydroxylation is 2. The van der Waals surface area contributed by atoms with Crippen molar-refractivity contribution in [1.82, 2.24) is 0 Å². The van der Waals surface area contributed by atoms with Crippen LogP contribution in [-0.2, 0) is 10.1 Å². The van der Waals surface area contributed by atoms with E-state index in [0.29, 0.717) is 17.4 Å². The fourth-order valence-corrected chi connectivity index (χ4v) is 1.84. The standard InChI is InChI=1S/C16H16O2.CH4O3S/c1-11-8-9-14(10-12(11)2)16(18)15(17)13-6-4-3-5-7-13;1-5(2,3)4/h3-10,15,17H,1-2H3;1H3,(H,2,3,4)/p-1. The van der Waals surface area contributed by atoms with E-state index in [1.165, 1.54) is 0 Å². The van der Waals surface area contributed by atoms with Crippen LogP contribution in [0.25, 0.3) is 0 Å². The molecule has 0 aliphatic carbocycles. The number of aliphatic hydroxyl groups is 1. The summed E-state index contributed by atoms with van der Waals surface area (Å²) in [6, 6.07) is 14.5. The summed E-state index contributed by atoms with van der Waals surface area (Å²) in [6.45, 7) is 3.96. The van der Waals surface area contributed by atoms with Crippen molar-refractivity contribution in [3.8, 4) is 0 Å². The Labute approximate surface area is 136 Å². The van der Waals surface area contributed by atoms with Gasteiger partial charge in [0.05, 0.1) is 10.1 Å². The molecule has 1 atom stereocenters. The molecule has 124 valence electrons. The lowest BCUT2D eigenvalue weighted by atomic mass is 9.97. The highest BCUT2D eigenvalue weighted by Crippen LogP contribution is 2.19. The van der Waals surface area contributed by atoms with Gasteiger partial charge in [-0.15, -0.1) is 0 Å². The van der Waals surface area contributed by atoms with Gasteiger partial charge in [-0.25, -0.2) is 8.42 Å². The molecule has 1 unspecified atom stereocenters. The Balaban J connectivity index is 0.000000463. The number of hydrogen-bond acceptors (Lipinski definition) is 5. The summed E-state index contributed by atoms with van der Waals surface area (Å²) < 4.78 is 27.2. The van der Waals surface area contributed by atoms with Crippen LogP contribution in [-0.4, -0.2) is 30.1 Å². The molecule has 0 fully saturated rings. The zero-order valence-electron chi connectivity index (χ0n) is 13.2. The molecule has 0 spiro atoms. The summed E-state index contributed by atoms with van der Waals surface area (Å²) in [7, 11) is -3.92. The molecule has 1 N–H and O–H groups in total. The minimum absolute atomic E-state index is 0.260. The Hall–Kier alpha value is -2.02. The van der Waals surface area contributed by atoms with E-state index in [1.807, 2.05) is 44.2 Å². The highest BCUT2D eigenvalue weighted by molar-refractivity contribution is 7.84. The maximum atomic E-state index is 12.2. The Morgan fingerprint density at radius 1 is 1.04 bits per heavy atom. The van der Waals surface area contributed by atoms with Crippen LogP contribution in [0.1, 0.15) is 33.2 Å². The minimum atomic E-state index is -3.92. The predicted octanol–water partition coefficient (Wildman–Crippen LogP) is 2.38. The number of carbonyl (C=O) groups excluding carboxylic acids is 1. The highest BCUT2D eigenvalue weighted by atomic mass is 32.2. The number of hydrogen-bond donors (Lipinski definition) is 1. The van der Waals surface area contributed by atoms with Gasteiger partial charge in [0.1, 0.15) is 6.10 Å². The zero-order valence-corrected chi connectivity index (χ0v) is 14.0. The topological polar surface area (TPSA) is 94.5 Å². The van der Waals surface area contributed by atoms with Crippen molar-refractivity contribution < 1.29 is 22.9 Å². The van der Waals surface area contributed by atoms with E-state index in [0.717, 1.165) is 11.1 Å². The second kappa shape index (κ2) is 8.01. The van der Waals surface area contributed by atoms with Gasteiger partial charge >= 0.3 is 0 Å². The summed E-state index contributed by atoms with van der Waals surface area (Å²) in [5.74, 6) is -0.260. The molecule has 0 aliphatic rings. The van der Waals surface area contributed by atoms with Gasteiger partial charge in [-0.2, -0.15) is 0 Å². The van der Waals surface area contributed by atoms with Crippen LogP contribution >= 0.6 is 0 Å². The first-order valence-electron chi connectivity index (χ1n) is 6.85. The lowest BCUT2D eigenvalue weighted by Gasteiger charge is -2.11. The maximum absolute atomic E-state index is 12.2. The normalized spacial score (nSPS) is 12.0. The minimum Gasteiger partial charge on any atom is -0.748 e. The van der Waals surface area contributed by atoms with Gasteiger partial charge in [-0.05, 0) is 36.6 Å². The first kappa shape index (κ1) is 19.0. The Kier molecular flexibility index (Phi) is 6.62. The van der Waals surface area contributed by atoms with Crippen molar-refractivity contribution >= 4 is 15.9 Å². The van der Waals surface area contributed by atoms with E-state index in [9.17, 15) is 9.90 Å². The van der Waals surface area contributed by atoms with Crippen molar-refractivity contribution in [2.45, 2.75) is 20.0 Å². The third-order valence-corrected chi connectivity index (χ3v) is 3.16. The van der Waals surface area contributed by atoms with Crippen LogP contribution in [0.2, 0.25) is 0 Å². The number of benzene rings is 2. The van der Waals surface area contributed by atoms with Crippen molar-refractivity contribution in [3.05, 3.63) is 70.8 Å².